The molecular formula is C17H25BN4O5S. The number of nitrogens with one attached hydrogen (secondary N) is 1. The summed E-state index contributed by atoms with van der Waals surface area (Å²) < 4.78 is 46.8. The normalized spacial score (nSPS) is 18.3. The van der Waals surface area contributed by atoms with Crippen LogP contribution in [0.3, 0.4) is 0 Å². The molecule has 0 saturated carbocycles. The Kier molecular flexibility index (Phi) is 5.19. The Hall–Kier alpha value is -2.11. The van der Waals surface area contributed by atoms with Crippen LogP contribution in [-0.2, 0) is 25.9 Å². The third-order valence-corrected chi connectivity index (χ3v) is 6.40. The summed E-state index contributed by atoms with van der Waals surface area (Å²) in [5, 5.41) is 4.01. The van der Waals surface area contributed by atoms with Gasteiger partial charge in [0.25, 0.3) is 10.0 Å². The summed E-state index contributed by atoms with van der Waals surface area (Å²) >= 11 is 0. The summed E-state index contributed by atoms with van der Waals surface area (Å²) in [5.41, 5.74) is -0.266. The molecule has 0 atom stereocenters. The topological polar surface area (TPSA) is 105 Å². The van der Waals surface area contributed by atoms with Crippen LogP contribution in [0.25, 0.3) is 0 Å². The van der Waals surface area contributed by atoms with Gasteiger partial charge in [-0.1, -0.05) is 0 Å². The quantitative estimate of drug-likeness (QED) is 0.721. The molecular weight excluding hydrogens is 383 g/mol. The number of rotatable bonds is 6. The lowest BCUT2D eigenvalue weighted by molar-refractivity contribution is 0.00578. The van der Waals surface area contributed by atoms with E-state index in [1.807, 2.05) is 34.6 Å². The van der Waals surface area contributed by atoms with E-state index in [-0.39, 0.29) is 16.5 Å². The monoisotopic (exact) mass is 408 g/mol. The van der Waals surface area contributed by atoms with Crippen molar-refractivity contribution in [3.63, 3.8) is 0 Å². The van der Waals surface area contributed by atoms with E-state index in [1.165, 1.54) is 24.2 Å². The molecule has 0 amide bonds. The van der Waals surface area contributed by atoms with E-state index in [1.54, 1.807) is 12.3 Å². The third-order valence-electron chi connectivity index (χ3n) is 5.08. The Morgan fingerprint density at radius 1 is 1.21 bits per heavy atom. The summed E-state index contributed by atoms with van der Waals surface area (Å²) in [6.45, 7) is 10.2. The summed E-state index contributed by atoms with van der Waals surface area (Å²) in [6, 6.07) is 1.61. The molecule has 0 aliphatic carbocycles. The van der Waals surface area contributed by atoms with Crippen LogP contribution in [0.4, 0.5) is 5.69 Å². The van der Waals surface area contributed by atoms with Crippen LogP contribution in [-0.4, -0.2) is 48.6 Å². The van der Waals surface area contributed by atoms with Crippen molar-refractivity contribution in [3.8, 4) is 5.88 Å². The molecule has 2 aromatic rings. The van der Waals surface area contributed by atoms with Crippen molar-refractivity contribution in [1.82, 2.24) is 14.8 Å². The van der Waals surface area contributed by atoms with Crippen molar-refractivity contribution in [1.29, 1.82) is 0 Å². The minimum Gasteiger partial charge on any atom is -0.480 e. The lowest BCUT2D eigenvalue weighted by Gasteiger charge is -2.32. The Morgan fingerprint density at radius 3 is 2.39 bits per heavy atom. The van der Waals surface area contributed by atoms with E-state index in [0.29, 0.717) is 12.0 Å². The average Bonchev–Trinajstić information content (AvgIpc) is 3.17. The first-order chi connectivity index (χ1) is 13.0. The molecule has 1 N–H and O–H groups in total. The van der Waals surface area contributed by atoms with E-state index in [0.717, 1.165) is 0 Å². The molecule has 1 saturated heterocycles. The second-order valence-electron chi connectivity index (χ2n) is 7.55. The summed E-state index contributed by atoms with van der Waals surface area (Å²) in [4.78, 5) is 4.26. The second kappa shape index (κ2) is 7.05. The first-order valence-electron chi connectivity index (χ1n) is 8.94. The number of nitrogens with zero attached hydrogens (tertiary/aromatic N) is 3. The molecule has 1 fully saturated rings. The van der Waals surface area contributed by atoms with Gasteiger partial charge in [-0.05, 0) is 40.7 Å². The lowest BCUT2D eigenvalue weighted by Crippen LogP contribution is -2.41. The zero-order valence-corrected chi connectivity index (χ0v) is 17.7. The summed E-state index contributed by atoms with van der Waals surface area (Å²) in [6.07, 6.45) is 4.30. The van der Waals surface area contributed by atoms with Crippen LogP contribution >= 0.6 is 0 Å². The number of ether oxygens (including phenoxy) is 1. The van der Waals surface area contributed by atoms with Gasteiger partial charge in [0.15, 0.2) is 0 Å². The maximum Gasteiger partial charge on any atom is 0.496 e. The highest BCUT2D eigenvalue weighted by molar-refractivity contribution is 7.92. The SMILES string of the molecule is CCn1cc(S(=O)(=O)Nc2cc(B3OC(C)(C)C(C)(C)O3)cnc2OC)cn1. The number of hydrogen-bond donors (Lipinski definition) is 1. The van der Waals surface area contributed by atoms with Crippen molar-refractivity contribution >= 4 is 28.3 Å². The van der Waals surface area contributed by atoms with Gasteiger partial charge in [-0.2, -0.15) is 5.10 Å². The smallest absolute Gasteiger partial charge is 0.480 e. The Balaban J connectivity index is 1.92. The van der Waals surface area contributed by atoms with Gasteiger partial charge >= 0.3 is 7.12 Å². The van der Waals surface area contributed by atoms with Gasteiger partial charge in [-0.25, -0.2) is 13.4 Å². The molecule has 2 aromatic heterocycles. The van der Waals surface area contributed by atoms with Gasteiger partial charge in [-0.15, -0.1) is 0 Å². The van der Waals surface area contributed by atoms with Gasteiger partial charge in [-0.3, -0.25) is 9.40 Å². The van der Waals surface area contributed by atoms with Crippen LogP contribution in [0.1, 0.15) is 34.6 Å². The van der Waals surface area contributed by atoms with Crippen LogP contribution in [0.15, 0.2) is 29.6 Å². The highest BCUT2D eigenvalue weighted by Crippen LogP contribution is 2.37. The standard InChI is InChI=1S/C17H25BN4O5S/c1-7-22-11-13(10-20-22)28(23,24)21-14-8-12(9-19-15(14)25-6)18-26-16(2,3)17(4,5)27-18/h8-11,21H,7H2,1-6H3. The maximum absolute atomic E-state index is 12.7. The number of pyridine rings is 1. The zero-order valence-electron chi connectivity index (χ0n) is 16.9. The van der Waals surface area contributed by atoms with Crippen LogP contribution in [0, 0.1) is 0 Å². The molecule has 0 bridgehead atoms. The number of aromatic nitrogens is 3. The second-order valence-corrected chi connectivity index (χ2v) is 9.23. The highest BCUT2D eigenvalue weighted by Gasteiger charge is 2.52. The van der Waals surface area contributed by atoms with Gasteiger partial charge in [0.05, 0.1) is 24.5 Å². The minimum atomic E-state index is -3.86. The van der Waals surface area contributed by atoms with E-state index in [2.05, 4.69) is 14.8 Å². The van der Waals surface area contributed by atoms with E-state index in [9.17, 15) is 8.42 Å². The fourth-order valence-corrected chi connectivity index (χ4v) is 3.67. The first kappa shape index (κ1) is 20.6. The van der Waals surface area contributed by atoms with Crippen molar-refractivity contribution in [2.24, 2.45) is 0 Å². The molecule has 9 nitrogen and oxygen atoms in total. The van der Waals surface area contributed by atoms with Gasteiger partial charge in [0.2, 0.25) is 5.88 Å². The lowest BCUT2D eigenvalue weighted by atomic mass is 9.80. The fourth-order valence-electron chi connectivity index (χ4n) is 2.67. The molecule has 1 aliphatic heterocycles. The number of hydrogen-bond acceptors (Lipinski definition) is 7. The maximum atomic E-state index is 12.7. The van der Waals surface area contributed by atoms with E-state index < -0.39 is 28.3 Å². The zero-order chi connectivity index (χ0) is 20.7. The number of sulfonamides is 1. The van der Waals surface area contributed by atoms with Crippen LogP contribution in [0.2, 0.25) is 0 Å². The van der Waals surface area contributed by atoms with Crippen molar-refractivity contribution in [3.05, 3.63) is 24.7 Å². The molecule has 152 valence electrons. The molecule has 3 heterocycles. The third kappa shape index (κ3) is 3.74. The Bertz CT molecular complexity index is 958. The fraction of sp³-hybridized carbons (Fsp3) is 0.529. The van der Waals surface area contributed by atoms with Gasteiger partial charge < -0.3 is 14.0 Å². The largest absolute Gasteiger partial charge is 0.496 e. The summed E-state index contributed by atoms with van der Waals surface area (Å²) in [7, 11) is -3.11. The number of anilines is 1. The van der Waals surface area contributed by atoms with E-state index >= 15 is 0 Å². The van der Waals surface area contributed by atoms with Gasteiger partial charge in [0.1, 0.15) is 10.6 Å². The van der Waals surface area contributed by atoms with E-state index in [4.69, 9.17) is 14.0 Å². The molecule has 1 aliphatic rings. The predicted molar refractivity (Wildman–Crippen MR) is 105 cm³/mol. The van der Waals surface area contributed by atoms with Gasteiger partial charge in [0, 0.05) is 24.4 Å². The van der Waals surface area contributed by atoms with Crippen LogP contribution in [0.5, 0.6) is 5.88 Å². The molecule has 11 heteroatoms. The average molecular weight is 408 g/mol. The Morgan fingerprint density at radius 2 is 1.86 bits per heavy atom. The molecule has 0 radical (unpaired) electrons. The number of aryl methyl sites for hydroxylation is 1. The highest BCUT2D eigenvalue weighted by atomic mass is 32.2. The molecule has 0 aromatic carbocycles. The molecule has 0 unspecified atom stereocenters. The minimum absolute atomic E-state index is 0.0532. The first-order valence-corrected chi connectivity index (χ1v) is 10.4. The van der Waals surface area contributed by atoms with Crippen molar-refractivity contribution < 1.29 is 22.5 Å². The number of methoxy groups -OCH3 is 1. The Labute approximate surface area is 165 Å². The van der Waals surface area contributed by atoms with Crippen molar-refractivity contribution in [2.75, 3.05) is 11.8 Å². The molecule has 3 rings (SSSR count). The van der Waals surface area contributed by atoms with Crippen molar-refractivity contribution in [2.45, 2.75) is 57.3 Å². The van der Waals surface area contributed by atoms with Crippen LogP contribution < -0.4 is 14.9 Å². The predicted octanol–water partition coefficient (Wildman–Crippen LogP) is 1.41. The summed E-state index contributed by atoms with van der Waals surface area (Å²) in [5.74, 6) is 0.145. The molecule has 28 heavy (non-hydrogen) atoms. The molecule has 0 spiro atoms.